The first-order chi connectivity index (χ1) is 13.4. The zero-order valence-corrected chi connectivity index (χ0v) is 16.4. The molecular formula is C21H24N4O3. The molecule has 0 atom stereocenters. The van der Waals surface area contributed by atoms with E-state index in [1.54, 1.807) is 14.0 Å². The van der Waals surface area contributed by atoms with Crippen LogP contribution in [-0.4, -0.2) is 28.5 Å². The predicted molar refractivity (Wildman–Crippen MR) is 109 cm³/mol. The standard InChI is InChI=1S/C21H24N4O3/c1-13-8-10-25(11-9-13)16-6-4-15(5-7-16)23-19(26)17-14(2)28-20-18(17)21(27)24(3)12-22-20/h4-7,12-13H,8-11H2,1-3H3,(H,23,26). The molecule has 1 aliphatic heterocycles. The zero-order valence-electron chi connectivity index (χ0n) is 16.4. The first-order valence-corrected chi connectivity index (χ1v) is 9.55. The quantitative estimate of drug-likeness (QED) is 0.754. The molecule has 0 radical (unpaired) electrons. The molecule has 146 valence electrons. The van der Waals surface area contributed by atoms with Crippen molar-refractivity contribution in [1.82, 2.24) is 9.55 Å². The molecule has 1 aliphatic rings. The number of piperidine rings is 1. The van der Waals surface area contributed by atoms with Crippen LogP contribution in [0.2, 0.25) is 0 Å². The van der Waals surface area contributed by atoms with Crippen molar-refractivity contribution in [2.24, 2.45) is 13.0 Å². The van der Waals surface area contributed by atoms with E-state index in [1.807, 2.05) is 24.3 Å². The van der Waals surface area contributed by atoms with Crippen LogP contribution < -0.4 is 15.8 Å². The average Bonchev–Trinajstić information content (AvgIpc) is 3.03. The molecule has 0 saturated carbocycles. The number of aryl methyl sites for hydroxylation is 2. The number of aromatic nitrogens is 2. The van der Waals surface area contributed by atoms with Gasteiger partial charge in [0.2, 0.25) is 5.71 Å². The SMILES string of the molecule is Cc1oc2ncn(C)c(=O)c2c1C(=O)Nc1ccc(N2CCC(C)CC2)cc1. The molecule has 3 heterocycles. The van der Waals surface area contributed by atoms with Crippen LogP contribution in [0.5, 0.6) is 0 Å². The van der Waals surface area contributed by atoms with E-state index in [-0.39, 0.29) is 28.1 Å². The van der Waals surface area contributed by atoms with Crippen LogP contribution in [0.25, 0.3) is 11.1 Å². The Balaban J connectivity index is 1.56. The molecule has 0 spiro atoms. The Labute approximate surface area is 163 Å². The molecule has 0 bridgehead atoms. The van der Waals surface area contributed by atoms with Gasteiger partial charge in [-0.3, -0.25) is 9.59 Å². The Kier molecular flexibility index (Phi) is 4.66. The minimum Gasteiger partial charge on any atom is -0.442 e. The third-order valence-electron chi connectivity index (χ3n) is 5.45. The fourth-order valence-corrected chi connectivity index (χ4v) is 3.68. The van der Waals surface area contributed by atoms with E-state index < -0.39 is 0 Å². The van der Waals surface area contributed by atoms with Gasteiger partial charge in [0.25, 0.3) is 11.5 Å². The van der Waals surface area contributed by atoms with Gasteiger partial charge in [0.15, 0.2) is 0 Å². The highest BCUT2D eigenvalue weighted by Gasteiger charge is 2.22. The Morgan fingerprint density at radius 3 is 2.57 bits per heavy atom. The van der Waals surface area contributed by atoms with Crippen molar-refractivity contribution in [3.63, 3.8) is 0 Å². The second-order valence-electron chi connectivity index (χ2n) is 7.54. The van der Waals surface area contributed by atoms with E-state index in [1.165, 1.54) is 23.7 Å². The minimum absolute atomic E-state index is 0.181. The van der Waals surface area contributed by atoms with Crippen LogP contribution in [0.4, 0.5) is 11.4 Å². The Bertz CT molecular complexity index is 1070. The van der Waals surface area contributed by atoms with Gasteiger partial charge >= 0.3 is 0 Å². The second kappa shape index (κ2) is 7.14. The largest absolute Gasteiger partial charge is 0.442 e. The Hall–Kier alpha value is -3.09. The number of anilines is 2. The third-order valence-corrected chi connectivity index (χ3v) is 5.45. The molecule has 1 fully saturated rings. The fraction of sp³-hybridized carbons (Fsp3) is 0.381. The molecule has 7 heteroatoms. The summed E-state index contributed by atoms with van der Waals surface area (Å²) in [6, 6.07) is 7.82. The molecule has 28 heavy (non-hydrogen) atoms. The summed E-state index contributed by atoms with van der Waals surface area (Å²) in [7, 11) is 1.60. The van der Waals surface area contributed by atoms with Crippen molar-refractivity contribution >= 4 is 28.4 Å². The van der Waals surface area contributed by atoms with E-state index in [2.05, 4.69) is 22.1 Å². The number of amides is 1. The highest BCUT2D eigenvalue weighted by molar-refractivity contribution is 6.12. The average molecular weight is 380 g/mol. The first kappa shape index (κ1) is 18.3. The maximum Gasteiger partial charge on any atom is 0.265 e. The van der Waals surface area contributed by atoms with Gasteiger partial charge in [-0.2, -0.15) is 0 Å². The molecule has 1 amide bonds. The van der Waals surface area contributed by atoms with Crippen LogP contribution in [0.15, 0.2) is 39.8 Å². The monoisotopic (exact) mass is 380 g/mol. The van der Waals surface area contributed by atoms with Gasteiger partial charge in [0.05, 0.1) is 5.56 Å². The summed E-state index contributed by atoms with van der Waals surface area (Å²) in [5.74, 6) is 0.785. The van der Waals surface area contributed by atoms with Crippen molar-refractivity contribution in [1.29, 1.82) is 0 Å². The highest BCUT2D eigenvalue weighted by Crippen LogP contribution is 2.26. The van der Waals surface area contributed by atoms with Gasteiger partial charge in [0, 0.05) is 31.5 Å². The van der Waals surface area contributed by atoms with Crippen molar-refractivity contribution in [2.45, 2.75) is 26.7 Å². The molecule has 2 aromatic heterocycles. The maximum absolute atomic E-state index is 12.8. The molecule has 3 aromatic rings. The van der Waals surface area contributed by atoms with E-state index in [0.717, 1.165) is 24.7 Å². The number of fused-ring (bicyclic) bond motifs is 1. The molecule has 0 aliphatic carbocycles. The van der Waals surface area contributed by atoms with Gasteiger partial charge in [-0.1, -0.05) is 6.92 Å². The zero-order chi connectivity index (χ0) is 19.8. The fourth-order valence-electron chi connectivity index (χ4n) is 3.68. The molecular weight excluding hydrogens is 356 g/mol. The number of furan rings is 1. The number of carbonyl (C=O) groups excluding carboxylic acids is 1. The van der Waals surface area contributed by atoms with Crippen LogP contribution in [0.3, 0.4) is 0 Å². The van der Waals surface area contributed by atoms with Crippen LogP contribution in [0, 0.1) is 12.8 Å². The van der Waals surface area contributed by atoms with Crippen LogP contribution >= 0.6 is 0 Å². The molecule has 7 nitrogen and oxygen atoms in total. The van der Waals surface area contributed by atoms with E-state index in [9.17, 15) is 9.59 Å². The number of hydrogen-bond donors (Lipinski definition) is 1. The number of nitrogens with zero attached hydrogens (tertiary/aromatic N) is 3. The van der Waals surface area contributed by atoms with Gasteiger partial charge in [-0.15, -0.1) is 0 Å². The smallest absolute Gasteiger partial charge is 0.265 e. The summed E-state index contributed by atoms with van der Waals surface area (Å²) in [4.78, 5) is 31.7. The summed E-state index contributed by atoms with van der Waals surface area (Å²) < 4.78 is 6.84. The molecule has 4 rings (SSSR count). The second-order valence-corrected chi connectivity index (χ2v) is 7.54. The third kappa shape index (κ3) is 3.28. The molecule has 1 saturated heterocycles. The summed E-state index contributed by atoms with van der Waals surface area (Å²) in [6.07, 6.45) is 3.79. The topological polar surface area (TPSA) is 80.4 Å². The maximum atomic E-state index is 12.8. The molecule has 1 aromatic carbocycles. The van der Waals surface area contributed by atoms with Crippen molar-refractivity contribution < 1.29 is 9.21 Å². The predicted octanol–water partition coefficient (Wildman–Crippen LogP) is 3.32. The first-order valence-electron chi connectivity index (χ1n) is 9.55. The normalized spacial score (nSPS) is 15.2. The lowest BCUT2D eigenvalue weighted by molar-refractivity contribution is 0.102. The molecule has 0 unspecified atom stereocenters. The summed E-state index contributed by atoms with van der Waals surface area (Å²) >= 11 is 0. The van der Waals surface area contributed by atoms with E-state index in [4.69, 9.17) is 4.42 Å². The summed E-state index contributed by atoms with van der Waals surface area (Å²) in [5, 5.41) is 3.08. The van der Waals surface area contributed by atoms with Crippen molar-refractivity contribution in [2.75, 3.05) is 23.3 Å². The number of benzene rings is 1. The molecule has 1 N–H and O–H groups in total. The minimum atomic E-state index is -0.374. The van der Waals surface area contributed by atoms with Crippen LogP contribution in [0.1, 0.15) is 35.9 Å². The highest BCUT2D eigenvalue weighted by atomic mass is 16.3. The lowest BCUT2D eigenvalue weighted by Gasteiger charge is -2.32. The summed E-state index contributed by atoms with van der Waals surface area (Å²) in [6.45, 7) is 6.07. The van der Waals surface area contributed by atoms with Crippen molar-refractivity contribution in [3.8, 4) is 0 Å². The number of nitrogens with one attached hydrogen (secondary N) is 1. The van der Waals surface area contributed by atoms with Gasteiger partial charge in [-0.25, -0.2) is 4.98 Å². The van der Waals surface area contributed by atoms with E-state index in [0.29, 0.717) is 11.4 Å². The summed E-state index contributed by atoms with van der Waals surface area (Å²) in [5.41, 5.74) is 1.95. The van der Waals surface area contributed by atoms with Gasteiger partial charge in [0.1, 0.15) is 17.5 Å². The Morgan fingerprint density at radius 1 is 1.21 bits per heavy atom. The number of carbonyl (C=O) groups is 1. The lowest BCUT2D eigenvalue weighted by atomic mass is 9.99. The van der Waals surface area contributed by atoms with Crippen molar-refractivity contribution in [3.05, 3.63) is 52.3 Å². The lowest BCUT2D eigenvalue weighted by Crippen LogP contribution is -2.32. The van der Waals surface area contributed by atoms with Gasteiger partial charge in [-0.05, 0) is 49.9 Å². The number of rotatable bonds is 3. The number of hydrogen-bond acceptors (Lipinski definition) is 5. The van der Waals surface area contributed by atoms with E-state index >= 15 is 0 Å². The van der Waals surface area contributed by atoms with Crippen LogP contribution in [-0.2, 0) is 7.05 Å². The Morgan fingerprint density at radius 2 is 1.89 bits per heavy atom. The van der Waals surface area contributed by atoms with Gasteiger partial charge < -0.3 is 19.2 Å².